The first-order valence-electron chi connectivity index (χ1n) is 7.22. The van der Waals surface area contributed by atoms with Crippen molar-refractivity contribution in [3.8, 4) is 11.1 Å². The molecule has 0 amide bonds. The van der Waals surface area contributed by atoms with Crippen LogP contribution in [0.1, 0.15) is 22.3 Å². The van der Waals surface area contributed by atoms with E-state index in [0.717, 1.165) is 0 Å². The normalized spacial score (nSPS) is 12.5. The summed E-state index contributed by atoms with van der Waals surface area (Å²) in [6.45, 7) is 6.36. The van der Waals surface area contributed by atoms with Gasteiger partial charge in [0.15, 0.2) is 0 Å². The molecule has 0 aliphatic rings. The van der Waals surface area contributed by atoms with Crippen LogP contribution in [-0.4, -0.2) is 25.9 Å². The lowest BCUT2D eigenvalue weighted by molar-refractivity contribution is 0.479. The maximum Gasteiger partial charge on any atom is 0.295 e. The van der Waals surface area contributed by atoms with E-state index in [9.17, 15) is 25.9 Å². The molecule has 2 aromatic rings. The number of hydrogen-bond donors (Lipinski definition) is 2. The molecule has 0 aliphatic carbocycles. The SMILES string of the molecule is Cc1cc(-c2cc(C)c(Br)c(S(=O)(=O)O)c2C)c(C)c(S(=O)(=O)O)c1Br. The molecule has 2 rings (SSSR count). The van der Waals surface area contributed by atoms with Gasteiger partial charge in [-0.2, -0.15) is 16.8 Å². The molecule has 10 heteroatoms. The molecule has 0 atom stereocenters. The highest BCUT2D eigenvalue weighted by Gasteiger charge is 2.26. The third-order valence-corrected chi connectivity index (χ3v) is 8.73. The molecule has 0 heterocycles. The second-order valence-corrected chi connectivity index (χ2v) is 10.3. The van der Waals surface area contributed by atoms with Gasteiger partial charge in [0.1, 0.15) is 9.79 Å². The molecule has 0 radical (unpaired) electrons. The molecular weight excluding hydrogens is 512 g/mol. The summed E-state index contributed by atoms with van der Waals surface area (Å²) in [5.74, 6) is 0. The highest BCUT2D eigenvalue weighted by molar-refractivity contribution is 9.10. The van der Waals surface area contributed by atoms with E-state index in [1.807, 2.05) is 0 Å². The van der Waals surface area contributed by atoms with Crippen molar-refractivity contribution in [1.82, 2.24) is 0 Å². The van der Waals surface area contributed by atoms with Crippen molar-refractivity contribution in [2.45, 2.75) is 37.5 Å². The fraction of sp³-hybridized carbons (Fsp3) is 0.250. The summed E-state index contributed by atoms with van der Waals surface area (Å²) in [4.78, 5) is -0.554. The van der Waals surface area contributed by atoms with Crippen molar-refractivity contribution < 1.29 is 25.9 Å². The Kier molecular flexibility index (Phi) is 5.79. The Bertz CT molecular complexity index is 1040. The summed E-state index contributed by atoms with van der Waals surface area (Å²) in [5, 5.41) is 0. The fourth-order valence-electron chi connectivity index (χ4n) is 2.88. The van der Waals surface area contributed by atoms with Crippen LogP contribution in [-0.2, 0) is 20.2 Å². The first kappa shape index (κ1) is 21.5. The third kappa shape index (κ3) is 3.76. The van der Waals surface area contributed by atoms with Crippen LogP contribution in [0.2, 0.25) is 0 Å². The number of aryl methyl sites for hydroxylation is 2. The average molecular weight is 528 g/mol. The van der Waals surface area contributed by atoms with Gasteiger partial charge in [0.05, 0.1) is 0 Å². The van der Waals surface area contributed by atoms with Crippen LogP contribution in [0, 0.1) is 27.7 Å². The van der Waals surface area contributed by atoms with Gasteiger partial charge in [-0.15, -0.1) is 0 Å². The number of rotatable bonds is 3. The van der Waals surface area contributed by atoms with E-state index in [0.29, 0.717) is 22.3 Å². The summed E-state index contributed by atoms with van der Waals surface area (Å²) < 4.78 is 67.0. The summed E-state index contributed by atoms with van der Waals surface area (Å²) in [6.07, 6.45) is 0. The van der Waals surface area contributed by atoms with Crippen LogP contribution in [0.25, 0.3) is 11.1 Å². The van der Waals surface area contributed by atoms with Crippen LogP contribution >= 0.6 is 31.9 Å². The molecular formula is C16H16Br2O6S2. The van der Waals surface area contributed by atoms with Gasteiger partial charge in [-0.1, -0.05) is 0 Å². The van der Waals surface area contributed by atoms with E-state index < -0.39 is 20.2 Å². The van der Waals surface area contributed by atoms with Gasteiger partial charge in [-0.3, -0.25) is 9.11 Å². The Morgan fingerprint density at radius 2 is 0.962 bits per heavy atom. The summed E-state index contributed by atoms with van der Waals surface area (Å²) >= 11 is 6.36. The van der Waals surface area contributed by atoms with E-state index >= 15 is 0 Å². The second kappa shape index (κ2) is 6.99. The Morgan fingerprint density at radius 1 is 0.692 bits per heavy atom. The summed E-state index contributed by atoms with van der Waals surface area (Å²) in [7, 11) is -9.02. The number of benzene rings is 2. The Morgan fingerprint density at radius 3 is 1.19 bits per heavy atom. The van der Waals surface area contributed by atoms with Crippen molar-refractivity contribution >= 4 is 52.1 Å². The minimum atomic E-state index is -4.51. The predicted molar refractivity (Wildman–Crippen MR) is 106 cm³/mol. The smallest absolute Gasteiger partial charge is 0.282 e. The third-order valence-electron chi connectivity index (χ3n) is 4.11. The molecule has 0 bridgehead atoms. The van der Waals surface area contributed by atoms with Gasteiger partial charge in [-0.25, -0.2) is 0 Å². The second-order valence-electron chi connectivity index (χ2n) is 5.97. The van der Waals surface area contributed by atoms with Crippen molar-refractivity contribution in [3.63, 3.8) is 0 Å². The van der Waals surface area contributed by atoms with Crippen LogP contribution in [0.15, 0.2) is 30.9 Å². The lowest BCUT2D eigenvalue weighted by Crippen LogP contribution is -2.08. The van der Waals surface area contributed by atoms with Gasteiger partial charge in [-0.05, 0) is 105 Å². The Labute approximate surface area is 169 Å². The molecule has 0 saturated carbocycles. The van der Waals surface area contributed by atoms with E-state index in [1.54, 1.807) is 26.0 Å². The molecule has 0 aromatic heterocycles. The minimum absolute atomic E-state index is 0.239. The number of hydrogen-bond acceptors (Lipinski definition) is 4. The largest absolute Gasteiger partial charge is 0.295 e. The zero-order valence-electron chi connectivity index (χ0n) is 14.3. The first-order chi connectivity index (χ1) is 11.7. The zero-order valence-corrected chi connectivity index (χ0v) is 19.1. The zero-order chi connectivity index (χ0) is 20.2. The molecule has 142 valence electrons. The maximum absolute atomic E-state index is 11.8. The first-order valence-corrected chi connectivity index (χ1v) is 11.7. The van der Waals surface area contributed by atoms with Gasteiger partial charge < -0.3 is 0 Å². The van der Waals surface area contributed by atoms with Gasteiger partial charge >= 0.3 is 0 Å². The molecule has 0 unspecified atom stereocenters. The molecule has 6 nitrogen and oxygen atoms in total. The highest BCUT2D eigenvalue weighted by atomic mass is 79.9. The van der Waals surface area contributed by atoms with Gasteiger partial charge in [0, 0.05) is 8.95 Å². The molecule has 26 heavy (non-hydrogen) atoms. The molecule has 2 N–H and O–H groups in total. The van der Waals surface area contributed by atoms with Crippen LogP contribution in [0.5, 0.6) is 0 Å². The molecule has 0 saturated heterocycles. The molecule has 0 fully saturated rings. The molecule has 2 aromatic carbocycles. The average Bonchev–Trinajstić information content (AvgIpc) is 2.44. The maximum atomic E-state index is 11.8. The van der Waals surface area contributed by atoms with Gasteiger partial charge in [0.25, 0.3) is 20.2 Å². The van der Waals surface area contributed by atoms with Crippen molar-refractivity contribution in [2.24, 2.45) is 0 Å². The molecule has 0 aliphatic heterocycles. The lowest BCUT2D eigenvalue weighted by atomic mass is 9.93. The van der Waals surface area contributed by atoms with Crippen molar-refractivity contribution in [3.05, 3.63) is 43.3 Å². The lowest BCUT2D eigenvalue weighted by Gasteiger charge is -2.19. The van der Waals surface area contributed by atoms with E-state index in [2.05, 4.69) is 31.9 Å². The number of halogens is 2. The van der Waals surface area contributed by atoms with Crippen molar-refractivity contribution in [2.75, 3.05) is 0 Å². The summed E-state index contributed by atoms with van der Waals surface area (Å²) in [6, 6.07) is 3.38. The standard InChI is InChI=1S/C16H16Br2O6S2/c1-7-5-11(9(3)15(13(7)17)25(19,20)21)12-6-8(2)14(18)16(10(12)4)26(22,23)24/h5-6H,1-4H3,(H,19,20,21)(H,22,23,24). The summed E-state index contributed by atoms with van der Waals surface area (Å²) in [5.41, 5.74) is 2.50. The van der Waals surface area contributed by atoms with E-state index in [-0.39, 0.29) is 29.9 Å². The quantitative estimate of drug-likeness (QED) is 0.564. The Balaban J connectivity index is 3.05. The topological polar surface area (TPSA) is 109 Å². The van der Waals surface area contributed by atoms with Crippen LogP contribution in [0.4, 0.5) is 0 Å². The molecule has 0 spiro atoms. The highest BCUT2D eigenvalue weighted by Crippen LogP contribution is 2.41. The predicted octanol–water partition coefficient (Wildman–Crippen LogP) is 4.61. The Hall–Kier alpha value is -0.780. The van der Waals surface area contributed by atoms with Crippen LogP contribution in [0.3, 0.4) is 0 Å². The van der Waals surface area contributed by atoms with Gasteiger partial charge in [0.2, 0.25) is 0 Å². The van der Waals surface area contributed by atoms with E-state index in [4.69, 9.17) is 0 Å². The minimum Gasteiger partial charge on any atom is -0.282 e. The van der Waals surface area contributed by atoms with Crippen molar-refractivity contribution in [1.29, 1.82) is 0 Å². The van der Waals surface area contributed by atoms with E-state index in [1.165, 1.54) is 13.8 Å². The fourth-order valence-corrected chi connectivity index (χ4v) is 6.70. The van der Waals surface area contributed by atoms with Crippen LogP contribution < -0.4 is 0 Å². The monoisotopic (exact) mass is 526 g/mol.